The number of carbonyl (C=O) groups is 1. The number of nitrogens with zero attached hydrogens (tertiary/aromatic N) is 4. The Morgan fingerprint density at radius 1 is 1.17 bits per heavy atom. The van der Waals surface area contributed by atoms with Gasteiger partial charge in [0.05, 0.1) is 28.5 Å². The van der Waals surface area contributed by atoms with E-state index in [1.54, 1.807) is 12.1 Å². The average Bonchev–Trinajstić information content (AvgIpc) is 3.35. The summed E-state index contributed by atoms with van der Waals surface area (Å²) in [5.41, 5.74) is 1.95. The lowest BCUT2D eigenvalue weighted by atomic mass is 9.94. The van der Waals surface area contributed by atoms with Crippen LogP contribution < -0.4 is 5.32 Å². The molecule has 0 unspecified atom stereocenters. The first-order valence-corrected chi connectivity index (χ1v) is 13.7. The highest BCUT2D eigenvalue weighted by molar-refractivity contribution is 7.89. The molecule has 2 fully saturated rings. The van der Waals surface area contributed by atoms with Gasteiger partial charge in [-0.1, -0.05) is 20.8 Å². The van der Waals surface area contributed by atoms with Crippen molar-refractivity contribution in [2.45, 2.75) is 75.8 Å². The Balaban J connectivity index is 1.44. The van der Waals surface area contributed by atoms with Crippen LogP contribution in [0, 0.1) is 5.92 Å². The minimum Gasteiger partial charge on any atom is -0.381 e. The van der Waals surface area contributed by atoms with Gasteiger partial charge in [0.25, 0.3) is 10.0 Å². The van der Waals surface area contributed by atoms with Crippen LogP contribution in [0.5, 0.6) is 0 Å². The quantitative estimate of drug-likeness (QED) is 0.535. The third-order valence-corrected chi connectivity index (χ3v) is 8.18. The molecule has 35 heavy (non-hydrogen) atoms. The van der Waals surface area contributed by atoms with E-state index < -0.39 is 10.0 Å². The fourth-order valence-electron chi connectivity index (χ4n) is 4.58. The van der Waals surface area contributed by atoms with Crippen LogP contribution in [0.3, 0.4) is 0 Å². The van der Waals surface area contributed by atoms with Crippen LogP contribution in [-0.4, -0.2) is 52.3 Å². The normalized spacial score (nSPS) is 17.7. The second-order valence-electron chi connectivity index (χ2n) is 10.7. The molecular formula is C25H33N5O4S. The Bertz CT molecular complexity index is 1340. The molecule has 1 amide bonds. The maximum absolute atomic E-state index is 13.3. The molecule has 9 nitrogen and oxygen atoms in total. The molecule has 1 aromatic carbocycles. The highest BCUT2D eigenvalue weighted by atomic mass is 32.2. The minimum absolute atomic E-state index is 0.108. The average molecular weight is 500 g/mol. The van der Waals surface area contributed by atoms with Gasteiger partial charge in [-0.05, 0) is 49.8 Å². The van der Waals surface area contributed by atoms with E-state index in [1.807, 2.05) is 6.07 Å². The molecule has 3 aromatic rings. The molecular weight excluding hydrogens is 466 g/mol. The molecule has 1 aliphatic heterocycles. The molecule has 1 saturated carbocycles. The molecule has 1 aliphatic carbocycles. The standard InChI is InChI=1S/C25H33N5O4S/c1-25(2,3)24-28-21-13-20(6-7-22(21)29(24)15-17-8-10-34-11-9-17)35(32,33)30-16-18(14-26-30)12-23(31)27-19-4-5-19/h6-7,13-14,16-17,19H,4-5,8-12,15H2,1-3H3,(H,27,31). The summed E-state index contributed by atoms with van der Waals surface area (Å²) in [6.07, 6.45) is 6.98. The second kappa shape index (κ2) is 9.05. The van der Waals surface area contributed by atoms with Gasteiger partial charge in [0, 0.05) is 43.0 Å². The zero-order chi connectivity index (χ0) is 24.8. The second-order valence-corrected chi connectivity index (χ2v) is 12.5. The number of fused-ring (bicyclic) bond motifs is 1. The number of carbonyl (C=O) groups excluding carboxylic acids is 1. The van der Waals surface area contributed by atoms with Crippen molar-refractivity contribution in [1.82, 2.24) is 24.1 Å². The zero-order valence-electron chi connectivity index (χ0n) is 20.5. The Hall–Kier alpha value is -2.72. The van der Waals surface area contributed by atoms with Crippen molar-refractivity contribution in [3.63, 3.8) is 0 Å². The third-order valence-electron chi connectivity index (χ3n) is 6.64. The number of ether oxygens (including phenoxy) is 1. The molecule has 1 N–H and O–H groups in total. The van der Waals surface area contributed by atoms with Crippen molar-refractivity contribution >= 4 is 27.0 Å². The van der Waals surface area contributed by atoms with Gasteiger partial charge < -0.3 is 14.6 Å². The fourth-order valence-corrected chi connectivity index (χ4v) is 5.74. The van der Waals surface area contributed by atoms with Crippen molar-refractivity contribution in [3.05, 3.63) is 42.0 Å². The Morgan fingerprint density at radius 2 is 1.91 bits per heavy atom. The van der Waals surface area contributed by atoms with Crippen LogP contribution in [0.1, 0.15) is 57.8 Å². The van der Waals surface area contributed by atoms with E-state index in [1.165, 1.54) is 12.4 Å². The highest BCUT2D eigenvalue weighted by Crippen LogP contribution is 2.30. The van der Waals surface area contributed by atoms with Gasteiger partial charge >= 0.3 is 0 Å². The van der Waals surface area contributed by atoms with Crippen LogP contribution in [0.2, 0.25) is 0 Å². The Labute approximate surface area is 205 Å². The number of benzene rings is 1. The summed E-state index contributed by atoms with van der Waals surface area (Å²) >= 11 is 0. The smallest absolute Gasteiger partial charge is 0.283 e. The van der Waals surface area contributed by atoms with E-state index in [0.29, 0.717) is 17.0 Å². The number of hydrogen-bond donors (Lipinski definition) is 1. The first-order chi connectivity index (χ1) is 16.6. The number of nitrogens with one attached hydrogen (secondary N) is 1. The Kier molecular flexibility index (Phi) is 6.21. The SMILES string of the molecule is CC(C)(C)c1nc2cc(S(=O)(=O)n3cc(CC(=O)NC4CC4)cn3)ccc2n1CC1CCOCC1. The third kappa shape index (κ3) is 5.13. The van der Waals surface area contributed by atoms with Crippen molar-refractivity contribution in [1.29, 1.82) is 0 Å². The highest BCUT2D eigenvalue weighted by Gasteiger charge is 2.27. The predicted octanol–water partition coefficient (Wildman–Crippen LogP) is 3.02. The topological polar surface area (TPSA) is 108 Å². The Morgan fingerprint density at radius 3 is 2.60 bits per heavy atom. The van der Waals surface area contributed by atoms with Gasteiger partial charge in [-0.2, -0.15) is 17.6 Å². The van der Waals surface area contributed by atoms with Crippen molar-refractivity contribution in [2.75, 3.05) is 13.2 Å². The van der Waals surface area contributed by atoms with Crippen molar-refractivity contribution in [3.8, 4) is 0 Å². The molecule has 0 spiro atoms. The van der Waals surface area contributed by atoms with E-state index in [4.69, 9.17) is 9.72 Å². The van der Waals surface area contributed by atoms with E-state index in [2.05, 4.69) is 35.8 Å². The van der Waals surface area contributed by atoms with Crippen LogP contribution in [-0.2, 0) is 37.9 Å². The lowest BCUT2D eigenvalue weighted by Crippen LogP contribution is -2.26. The van der Waals surface area contributed by atoms with Gasteiger partial charge in [0.1, 0.15) is 5.82 Å². The molecule has 1 saturated heterocycles. The molecule has 10 heteroatoms. The van der Waals surface area contributed by atoms with E-state index in [9.17, 15) is 13.2 Å². The first-order valence-electron chi connectivity index (χ1n) is 12.3. The summed E-state index contributed by atoms with van der Waals surface area (Å²) in [7, 11) is -3.91. The molecule has 0 radical (unpaired) electrons. The molecule has 2 aliphatic rings. The lowest BCUT2D eigenvalue weighted by Gasteiger charge is -2.26. The van der Waals surface area contributed by atoms with Crippen LogP contribution in [0.4, 0.5) is 0 Å². The summed E-state index contributed by atoms with van der Waals surface area (Å²) in [5, 5.41) is 6.95. The number of rotatable bonds is 7. The molecule has 0 bridgehead atoms. The maximum Gasteiger partial charge on any atom is 0.283 e. The fraction of sp³-hybridized carbons (Fsp3) is 0.560. The summed E-state index contributed by atoms with van der Waals surface area (Å²) in [6, 6.07) is 5.35. The molecule has 188 valence electrons. The summed E-state index contributed by atoms with van der Waals surface area (Å²) in [6.45, 7) is 8.76. The van der Waals surface area contributed by atoms with E-state index >= 15 is 0 Å². The summed E-state index contributed by atoms with van der Waals surface area (Å²) in [4.78, 5) is 17.1. The van der Waals surface area contributed by atoms with Gasteiger partial charge in [-0.3, -0.25) is 4.79 Å². The van der Waals surface area contributed by atoms with Gasteiger partial charge in [0.2, 0.25) is 5.91 Å². The van der Waals surface area contributed by atoms with Gasteiger partial charge in [-0.15, -0.1) is 0 Å². The van der Waals surface area contributed by atoms with Crippen LogP contribution in [0.15, 0.2) is 35.5 Å². The lowest BCUT2D eigenvalue weighted by molar-refractivity contribution is -0.120. The van der Waals surface area contributed by atoms with Crippen molar-refractivity contribution in [2.24, 2.45) is 5.92 Å². The largest absolute Gasteiger partial charge is 0.381 e. The van der Waals surface area contributed by atoms with Crippen LogP contribution >= 0.6 is 0 Å². The van der Waals surface area contributed by atoms with Crippen molar-refractivity contribution < 1.29 is 17.9 Å². The molecule has 5 rings (SSSR count). The van der Waals surface area contributed by atoms with Crippen LogP contribution in [0.25, 0.3) is 11.0 Å². The number of aromatic nitrogens is 4. The maximum atomic E-state index is 13.3. The molecule has 3 heterocycles. The number of imidazole rings is 1. The first kappa shape index (κ1) is 24.0. The number of amides is 1. The molecule has 0 atom stereocenters. The van der Waals surface area contributed by atoms with Gasteiger partial charge in [-0.25, -0.2) is 4.98 Å². The van der Waals surface area contributed by atoms with E-state index in [-0.39, 0.29) is 28.7 Å². The summed E-state index contributed by atoms with van der Waals surface area (Å²) in [5.74, 6) is 1.33. The number of hydrogen-bond acceptors (Lipinski definition) is 6. The van der Waals surface area contributed by atoms with E-state index in [0.717, 1.165) is 60.9 Å². The minimum atomic E-state index is -3.91. The molecule has 2 aromatic heterocycles. The summed E-state index contributed by atoms with van der Waals surface area (Å²) < 4.78 is 35.3. The zero-order valence-corrected chi connectivity index (χ0v) is 21.3. The van der Waals surface area contributed by atoms with Gasteiger partial charge in [0.15, 0.2) is 0 Å². The predicted molar refractivity (Wildman–Crippen MR) is 132 cm³/mol. The monoisotopic (exact) mass is 499 g/mol.